The third-order valence-electron chi connectivity index (χ3n) is 3.30. The van der Waals surface area contributed by atoms with E-state index < -0.39 is 0 Å². The minimum Gasteiger partial charge on any atom is -0.310 e. The third kappa shape index (κ3) is 2.60. The van der Waals surface area contributed by atoms with Crippen molar-refractivity contribution in [3.63, 3.8) is 0 Å². The van der Waals surface area contributed by atoms with Gasteiger partial charge in [0.15, 0.2) is 0 Å². The molecule has 0 unspecified atom stereocenters. The van der Waals surface area contributed by atoms with E-state index in [9.17, 15) is 0 Å². The van der Waals surface area contributed by atoms with Crippen LogP contribution in [-0.4, -0.2) is 6.54 Å². The lowest BCUT2D eigenvalue weighted by atomic mass is 10.1. The first kappa shape index (κ1) is 10.7. The number of benzene rings is 1. The molecule has 0 spiro atoms. The third-order valence-corrected chi connectivity index (χ3v) is 3.30. The Morgan fingerprint density at radius 3 is 3.00 bits per heavy atom. The maximum absolute atomic E-state index is 3.67. The fourth-order valence-corrected chi connectivity index (χ4v) is 2.42. The number of rotatable bonds is 5. The van der Waals surface area contributed by atoms with Crippen molar-refractivity contribution < 1.29 is 0 Å². The monoisotopic (exact) mass is 203 g/mol. The highest BCUT2D eigenvalue weighted by molar-refractivity contribution is 5.34. The van der Waals surface area contributed by atoms with E-state index in [-0.39, 0.29) is 0 Å². The van der Waals surface area contributed by atoms with Crippen molar-refractivity contribution in [2.75, 3.05) is 6.54 Å². The van der Waals surface area contributed by atoms with Gasteiger partial charge < -0.3 is 5.32 Å². The first-order chi connectivity index (χ1) is 7.42. The number of unbranched alkanes of at least 4 members (excludes halogenated alkanes) is 2. The van der Waals surface area contributed by atoms with Crippen LogP contribution in [0.3, 0.4) is 0 Å². The summed E-state index contributed by atoms with van der Waals surface area (Å²) >= 11 is 0. The standard InChI is InChI=1S/C14H21N/c1-2-3-6-11-15-14-10-9-12-7-4-5-8-13(12)14/h4-5,7-8,14-15H,2-3,6,9-11H2,1H3/t14-/m1/s1. The zero-order valence-electron chi connectivity index (χ0n) is 9.63. The Labute approximate surface area is 92.9 Å². The van der Waals surface area contributed by atoms with E-state index in [0.29, 0.717) is 6.04 Å². The van der Waals surface area contributed by atoms with Crippen molar-refractivity contribution in [2.24, 2.45) is 0 Å². The van der Waals surface area contributed by atoms with Gasteiger partial charge in [0.1, 0.15) is 0 Å². The van der Waals surface area contributed by atoms with Crippen LogP contribution in [0.25, 0.3) is 0 Å². The van der Waals surface area contributed by atoms with Crippen LogP contribution in [0.5, 0.6) is 0 Å². The number of nitrogens with one attached hydrogen (secondary N) is 1. The predicted molar refractivity (Wildman–Crippen MR) is 65.0 cm³/mol. The molecule has 1 atom stereocenters. The summed E-state index contributed by atoms with van der Waals surface area (Å²) in [6.45, 7) is 3.43. The maximum Gasteiger partial charge on any atom is 0.0326 e. The lowest BCUT2D eigenvalue weighted by molar-refractivity contribution is 0.511. The fourth-order valence-electron chi connectivity index (χ4n) is 2.42. The largest absolute Gasteiger partial charge is 0.310 e. The highest BCUT2D eigenvalue weighted by Gasteiger charge is 2.20. The molecule has 0 fully saturated rings. The molecule has 15 heavy (non-hydrogen) atoms. The molecule has 1 aromatic carbocycles. The smallest absolute Gasteiger partial charge is 0.0326 e. The summed E-state index contributed by atoms with van der Waals surface area (Å²) in [5.74, 6) is 0. The second kappa shape index (κ2) is 5.32. The topological polar surface area (TPSA) is 12.0 Å². The summed E-state index contributed by atoms with van der Waals surface area (Å²) in [6.07, 6.45) is 6.51. The average molecular weight is 203 g/mol. The van der Waals surface area contributed by atoms with E-state index in [2.05, 4.69) is 36.5 Å². The molecular weight excluding hydrogens is 182 g/mol. The maximum atomic E-state index is 3.67. The van der Waals surface area contributed by atoms with Crippen LogP contribution in [0.15, 0.2) is 24.3 Å². The molecule has 0 saturated heterocycles. The summed E-state index contributed by atoms with van der Waals surface area (Å²) in [6, 6.07) is 9.48. The molecule has 1 aliphatic rings. The van der Waals surface area contributed by atoms with E-state index in [1.165, 1.54) is 44.2 Å². The Morgan fingerprint density at radius 2 is 2.13 bits per heavy atom. The van der Waals surface area contributed by atoms with Gasteiger partial charge in [-0.2, -0.15) is 0 Å². The summed E-state index contributed by atoms with van der Waals surface area (Å²) in [4.78, 5) is 0. The summed E-state index contributed by atoms with van der Waals surface area (Å²) in [5.41, 5.74) is 3.08. The normalized spacial score (nSPS) is 19.1. The SMILES string of the molecule is CCCCCN[C@@H]1CCc2ccccc21. The van der Waals surface area contributed by atoms with Crippen LogP contribution in [0.4, 0.5) is 0 Å². The molecule has 82 valence electrons. The molecule has 0 amide bonds. The summed E-state index contributed by atoms with van der Waals surface area (Å²) in [7, 11) is 0. The molecule has 0 heterocycles. The Balaban J connectivity index is 1.85. The first-order valence-corrected chi connectivity index (χ1v) is 6.23. The Morgan fingerprint density at radius 1 is 1.27 bits per heavy atom. The van der Waals surface area contributed by atoms with Gasteiger partial charge in [-0.1, -0.05) is 44.0 Å². The van der Waals surface area contributed by atoms with Crippen molar-refractivity contribution >= 4 is 0 Å². The van der Waals surface area contributed by atoms with Crippen molar-refractivity contribution in [1.29, 1.82) is 0 Å². The first-order valence-electron chi connectivity index (χ1n) is 6.23. The van der Waals surface area contributed by atoms with Gasteiger partial charge in [0.05, 0.1) is 0 Å². The highest BCUT2D eigenvalue weighted by Crippen LogP contribution is 2.30. The van der Waals surface area contributed by atoms with Crippen LogP contribution < -0.4 is 5.32 Å². The predicted octanol–water partition coefficient (Wildman–Crippen LogP) is 3.45. The molecular formula is C14H21N. The molecule has 0 aromatic heterocycles. The lowest BCUT2D eigenvalue weighted by Gasteiger charge is -2.13. The Bertz CT molecular complexity index is 306. The number of fused-ring (bicyclic) bond motifs is 1. The summed E-state index contributed by atoms with van der Waals surface area (Å²) in [5, 5.41) is 3.67. The zero-order chi connectivity index (χ0) is 10.5. The van der Waals surface area contributed by atoms with Gasteiger partial charge in [-0.15, -0.1) is 0 Å². The molecule has 1 N–H and O–H groups in total. The van der Waals surface area contributed by atoms with Crippen LogP contribution in [0.1, 0.15) is 49.8 Å². The Hall–Kier alpha value is -0.820. The summed E-state index contributed by atoms with van der Waals surface area (Å²) < 4.78 is 0. The molecule has 1 heteroatoms. The van der Waals surface area contributed by atoms with Gasteiger partial charge in [-0.25, -0.2) is 0 Å². The molecule has 1 aromatic rings. The van der Waals surface area contributed by atoms with E-state index in [1.54, 1.807) is 5.56 Å². The van der Waals surface area contributed by atoms with Gasteiger partial charge in [0.25, 0.3) is 0 Å². The molecule has 0 bridgehead atoms. The molecule has 0 saturated carbocycles. The second-order valence-electron chi connectivity index (χ2n) is 4.45. The van der Waals surface area contributed by atoms with E-state index in [0.717, 1.165) is 0 Å². The van der Waals surface area contributed by atoms with Gasteiger partial charge in [-0.05, 0) is 36.9 Å². The molecule has 1 nitrogen and oxygen atoms in total. The number of hydrogen-bond acceptors (Lipinski definition) is 1. The Kier molecular flexibility index (Phi) is 3.79. The van der Waals surface area contributed by atoms with Gasteiger partial charge in [0.2, 0.25) is 0 Å². The second-order valence-corrected chi connectivity index (χ2v) is 4.45. The van der Waals surface area contributed by atoms with Crippen LogP contribution >= 0.6 is 0 Å². The van der Waals surface area contributed by atoms with Crippen molar-refractivity contribution in [2.45, 2.75) is 45.1 Å². The van der Waals surface area contributed by atoms with Crippen LogP contribution in [0.2, 0.25) is 0 Å². The fraction of sp³-hybridized carbons (Fsp3) is 0.571. The van der Waals surface area contributed by atoms with E-state index >= 15 is 0 Å². The van der Waals surface area contributed by atoms with E-state index in [4.69, 9.17) is 0 Å². The van der Waals surface area contributed by atoms with Crippen molar-refractivity contribution in [3.8, 4) is 0 Å². The molecule has 2 rings (SSSR count). The van der Waals surface area contributed by atoms with Crippen molar-refractivity contribution in [3.05, 3.63) is 35.4 Å². The molecule has 0 radical (unpaired) electrons. The minimum atomic E-state index is 0.623. The van der Waals surface area contributed by atoms with Crippen LogP contribution in [0, 0.1) is 0 Å². The number of aryl methyl sites for hydroxylation is 1. The quantitative estimate of drug-likeness (QED) is 0.723. The molecule has 0 aliphatic heterocycles. The van der Waals surface area contributed by atoms with Crippen molar-refractivity contribution in [1.82, 2.24) is 5.32 Å². The zero-order valence-corrected chi connectivity index (χ0v) is 9.63. The number of hydrogen-bond donors (Lipinski definition) is 1. The minimum absolute atomic E-state index is 0.623. The highest BCUT2D eigenvalue weighted by atomic mass is 14.9. The van der Waals surface area contributed by atoms with Gasteiger partial charge in [-0.3, -0.25) is 0 Å². The average Bonchev–Trinajstić information content (AvgIpc) is 2.68. The van der Waals surface area contributed by atoms with Gasteiger partial charge in [0, 0.05) is 6.04 Å². The van der Waals surface area contributed by atoms with E-state index in [1.807, 2.05) is 0 Å². The van der Waals surface area contributed by atoms with Gasteiger partial charge >= 0.3 is 0 Å². The molecule has 1 aliphatic carbocycles. The lowest BCUT2D eigenvalue weighted by Crippen LogP contribution is -2.20. The van der Waals surface area contributed by atoms with Crippen LogP contribution in [-0.2, 0) is 6.42 Å².